The summed E-state index contributed by atoms with van der Waals surface area (Å²) in [5.74, 6) is 0. The van der Waals surface area contributed by atoms with Gasteiger partial charge in [0.15, 0.2) is 0 Å². The van der Waals surface area contributed by atoms with E-state index in [4.69, 9.17) is 23.2 Å². The summed E-state index contributed by atoms with van der Waals surface area (Å²) in [4.78, 5) is 7.29. The number of para-hydroxylation sites is 1. The van der Waals surface area contributed by atoms with Crippen molar-refractivity contribution in [2.75, 3.05) is 51.7 Å². The standard InChI is InChI=1S/C21H27Cl2N3/c1-24(2)11-10-21(17-8-9-19(22)20(23)16-17)26-14-12-25(13-15-26)18-6-4-3-5-7-18/h3-9,16,21H,10-15H2,1-2H3. The summed E-state index contributed by atoms with van der Waals surface area (Å²) in [6.45, 7) is 5.23. The lowest BCUT2D eigenvalue weighted by Crippen LogP contribution is -2.48. The van der Waals surface area contributed by atoms with Crippen LogP contribution in [0.2, 0.25) is 10.0 Å². The van der Waals surface area contributed by atoms with Crippen LogP contribution < -0.4 is 4.90 Å². The van der Waals surface area contributed by atoms with Gasteiger partial charge in [-0.05, 0) is 56.9 Å². The number of hydrogen-bond donors (Lipinski definition) is 0. The first-order valence-corrected chi connectivity index (χ1v) is 9.94. The summed E-state index contributed by atoms with van der Waals surface area (Å²) in [5, 5.41) is 1.26. The van der Waals surface area contributed by atoms with Crippen LogP contribution in [0.25, 0.3) is 0 Å². The van der Waals surface area contributed by atoms with Crippen molar-refractivity contribution in [1.29, 1.82) is 0 Å². The van der Waals surface area contributed by atoms with Crippen LogP contribution in [-0.2, 0) is 0 Å². The lowest BCUT2D eigenvalue weighted by atomic mass is 10.0. The molecular formula is C21H27Cl2N3. The Hall–Kier alpha value is -1.26. The Labute approximate surface area is 167 Å². The second-order valence-corrected chi connectivity index (χ2v) is 7.95. The third-order valence-corrected chi connectivity index (χ3v) is 5.79. The van der Waals surface area contributed by atoms with Crippen LogP contribution in [0, 0.1) is 0 Å². The molecule has 0 N–H and O–H groups in total. The van der Waals surface area contributed by atoms with Gasteiger partial charge in [-0.2, -0.15) is 0 Å². The maximum Gasteiger partial charge on any atom is 0.0595 e. The van der Waals surface area contributed by atoms with Crippen LogP contribution in [-0.4, -0.2) is 56.6 Å². The minimum atomic E-state index is 0.366. The van der Waals surface area contributed by atoms with Crippen LogP contribution >= 0.6 is 23.2 Å². The van der Waals surface area contributed by atoms with Gasteiger partial charge in [0.2, 0.25) is 0 Å². The van der Waals surface area contributed by atoms with Crippen LogP contribution in [0.5, 0.6) is 0 Å². The summed E-state index contributed by atoms with van der Waals surface area (Å²) < 4.78 is 0. The van der Waals surface area contributed by atoms with Gasteiger partial charge in [0.1, 0.15) is 0 Å². The largest absolute Gasteiger partial charge is 0.369 e. The summed E-state index contributed by atoms with van der Waals surface area (Å²) in [7, 11) is 4.25. The predicted molar refractivity (Wildman–Crippen MR) is 113 cm³/mol. The highest BCUT2D eigenvalue weighted by atomic mass is 35.5. The summed E-state index contributed by atoms with van der Waals surface area (Å²) in [5.41, 5.74) is 2.57. The van der Waals surface area contributed by atoms with Crippen LogP contribution in [0.4, 0.5) is 5.69 Å². The minimum Gasteiger partial charge on any atom is -0.369 e. The molecule has 1 fully saturated rings. The average Bonchev–Trinajstić information content (AvgIpc) is 2.66. The molecule has 0 spiro atoms. The zero-order chi connectivity index (χ0) is 18.5. The Morgan fingerprint density at radius 1 is 0.923 bits per heavy atom. The third-order valence-electron chi connectivity index (χ3n) is 5.05. The van der Waals surface area contributed by atoms with Crippen molar-refractivity contribution in [2.24, 2.45) is 0 Å². The molecule has 1 heterocycles. The Kier molecular flexibility index (Phi) is 6.82. The second-order valence-electron chi connectivity index (χ2n) is 7.14. The molecule has 0 bridgehead atoms. The van der Waals surface area contributed by atoms with Crippen molar-refractivity contribution >= 4 is 28.9 Å². The van der Waals surface area contributed by atoms with Gasteiger partial charge in [0.05, 0.1) is 10.0 Å². The highest BCUT2D eigenvalue weighted by Gasteiger charge is 2.25. The topological polar surface area (TPSA) is 9.72 Å². The molecule has 1 aliphatic heterocycles. The van der Waals surface area contributed by atoms with Gasteiger partial charge in [-0.1, -0.05) is 47.5 Å². The molecule has 1 unspecified atom stereocenters. The number of benzene rings is 2. The maximum absolute atomic E-state index is 6.29. The second kappa shape index (κ2) is 9.09. The molecule has 1 saturated heterocycles. The number of nitrogens with zero attached hydrogens (tertiary/aromatic N) is 3. The zero-order valence-corrected chi connectivity index (χ0v) is 17.0. The zero-order valence-electron chi connectivity index (χ0n) is 15.5. The highest BCUT2D eigenvalue weighted by molar-refractivity contribution is 6.42. The number of anilines is 1. The molecule has 1 aliphatic rings. The Morgan fingerprint density at radius 3 is 2.23 bits per heavy atom. The molecule has 0 aliphatic carbocycles. The van der Waals surface area contributed by atoms with E-state index >= 15 is 0 Å². The van der Waals surface area contributed by atoms with Crippen molar-refractivity contribution in [2.45, 2.75) is 12.5 Å². The molecule has 2 aromatic carbocycles. The molecule has 0 aromatic heterocycles. The first kappa shape index (κ1) is 19.5. The van der Waals surface area contributed by atoms with Crippen molar-refractivity contribution in [3.05, 3.63) is 64.1 Å². The van der Waals surface area contributed by atoms with E-state index in [-0.39, 0.29) is 0 Å². The quantitative estimate of drug-likeness (QED) is 0.699. The van der Waals surface area contributed by atoms with E-state index in [0.717, 1.165) is 39.1 Å². The minimum absolute atomic E-state index is 0.366. The van der Waals surface area contributed by atoms with Gasteiger partial charge in [-0.25, -0.2) is 0 Å². The Morgan fingerprint density at radius 2 is 1.62 bits per heavy atom. The molecule has 140 valence electrons. The van der Waals surface area contributed by atoms with Gasteiger partial charge >= 0.3 is 0 Å². The normalized spacial score (nSPS) is 16.9. The van der Waals surface area contributed by atoms with E-state index in [1.807, 2.05) is 12.1 Å². The van der Waals surface area contributed by atoms with Crippen molar-refractivity contribution in [3.8, 4) is 0 Å². The monoisotopic (exact) mass is 391 g/mol. The molecular weight excluding hydrogens is 365 g/mol. The van der Waals surface area contributed by atoms with Crippen LogP contribution in [0.3, 0.4) is 0 Å². The molecule has 0 amide bonds. The number of hydrogen-bond acceptors (Lipinski definition) is 3. The molecule has 26 heavy (non-hydrogen) atoms. The molecule has 3 rings (SSSR count). The van der Waals surface area contributed by atoms with Gasteiger partial charge in [-0.3, -0.25) is 4.90 Å². The summed E-state index contributed by atoms with van der Waals surface area (Å²) >= 11 is 12.4. The highest BCUT2D eigenvalue weighted by Crippen LogP contribution is 2.31. The predicted octanol–water partition coefficient (Wildman–Crippen LogP) is 4.81. The van der Waals surface area contributed by atoms with E-state index in [1.54, 1.807) is 0 Å². The average molecular weight is 392 g/mol. The van der Waals surface area contributed by atoms with Gasteiger partial charge in [0.25, 0.3) is 0 Å². The van der Waals surface area contributed by atoms with Gasteiger partial charge in [0, 0.05) is 37.9 Å². The molecule has 3 nitrogen and oxygen atoms in total. The molecule has 5 heteroatoms. The van der Waals surface area contributed by atoms with E-state index in [1.165, 1.54) is 11.3 Å². The Balaban J connectivity index is 1.72. The number of piperazine rings is 1. The first-order valence-electron chi connectivity index (χ1n) is 9.18. The number of rotatable bonds is 6. The van der Waals surface area contributed by atoms with Crippen molar-refractivity contribution in [1.82, 2.24) is 9.80 Å². The third kappa shape index (κ3) is 4.92. The molecule has 2 aromatic rings. The van der Waals surface area contributed by atoms with E-state index in [2.05, 4.69) is 65.2 Å². The van der Waals surface area contributed by atoms with E-state index in [9.17, 15) is 0 Å². The maximum atomic E-state index is 6.29. The lowest BCUT2D eigenvalue weighted by molar-refractivity contribution is 0.166. The number of halogens is 2. The summed E-state index contributed by atoms with van der Waals surface area (Å²) in [6, 6.07) is 17.1. The van der Waals surface area contributed by atoms with Gasteiger partial charge in [-0.15, -0.1) is 0 Å². The molecule has 0 saturated carbocycles. The molecule has 0 radical (unpaired) electrons. The smallest absolute Gasteiger partial charge is 0.0595 e. The molecule has 1 atom stereocenters. The Bertz CT molecular complexity index is 698. The fourth-order valence-corrected chi connectivity index (χ4v) is 3.90. The van der Waals surface area contributed by atoms with Gasteiger partial charge < -0.3 is 9.80 Å². The first-order chi connectivity index (χ1) is 12.5. The van der Waals surface area contributed by atoms with Crippen LogP contribution in [0.1, 0.15) is 18.0 Å². The lowest BCUT2D eigenvalue weighted by Gasteiger charge is -2.41. The fraction of sp³-hybridized carbons (Fsp3) is 0.429. The van der Waals surface area contributed by atoms with Crippen molar-refractivity contribution < 1.29 is 0 Å². The van der Waals surface area contributed by atoms with Crippen molar-refractivity contribution in [3.63, 3.8) is 0 Å². The fourth-order valence-electron chi connectivity index (χ4n) is 3.59. The summed E-state index contributed by atoms with van der Waals surface area (Å²) in [6.07, 6.45) is 1.08. The van der Waals surface area contributed by atoms with E-state index < -0.39 is 0 Å². The SMILES string of the molecule is CN(C)CCC(c1ccc(Cl)c(Cl)c1)N1CCN(c2ccccc2)CC1. The van der Waals surface area contributed by atoms with Crippen LogP contribution in [0.15, 0.2) is 48.5 Å². The van der Waals surface area contributed by atoms with E-state index in [0.29, 0.717) is 16.1 Å².